The lowest BCUT2D eigenvalue weighted by molar-refractivity contribution is 0.249. The molecule has 0 fully saturated rings. The van der Waals surface area contributed by atoms with Crippen LogP contribution in [0, 0.1) is 5.53 Å². The largest absolute Gasteiger partial charge is 0.358 e. The van der Waals surface area contributed by atoms with Crippen LogP contribution in [0.15, 0.2) is 5.11 Å². The highest BCUT2D eigenvalue weighted by atomic mass is 16.2. The first-order chi connectivity index (χ1) is 2.81. The minimum atomic E-state index is -0.616. The number of carbonyl (C=O) groups excluding carboxylic acids is 1. The van der Waals surface area contributed by atoms with Crippen LogP contribution in [0.4, 0.5) is 4.79 Å². The summed E-state index contributed by atoms with van der Waals surface area (Å²) < 4.78 is 0. The fraction of sp³-hybridized carbons (Fsp3) is 0.500. The molecule has 0 unspecified atom stereocenters. The summed E-state index contributed by atoms with van der Waals surface area (Å²) in [5.74, 6) is 0. The Morgan fingerprint density at radius 3 is 2.50 bits per heavy atom. The van der Waals surface area contributed by atoms with Crippen molar-refractivity contribution >= 4 is 6.03 Å². The average molecular weight is 87.1 g/mol. The van der Waals surface area contributed by atoms with E-state index in [1.54, 1.807) is 0 Å². The van der Waals surface area contributed by atoms with Gasteiger partial charge >= 0.3 is 6.03 Å². The third-order valence-electron chi connectivity index (χ3n) is 0.315. The van der Waals surface area contributed by atoms with Gasteiger partial charge in [0.15, 0.2) is 0 Å². The standard InChI is InChI=1S/C2H5N3O/c1-4-2(6)5-3/h3H,1H3,(H,4,6). The maximum absolute atomic E-state index is 9.72. The van der Waals surface area contributed by atoms with Crippen molar-refractivity contribution in [2.45, 2.75) is 0 Å². The molecule has 0 aliphatic rings. The Balaban J connectivity index is 3.23. The lowest BCUT2D eigenvalue weighted by atomic mass is 11.0. The SMILES string of the molecule is CNC(=O)N=N. The number of hydrogen-bond acceptors (Lipinski definition) is 2. The first-order valence-corrected chi connectivity index (χ1v) is 1.40. The molecule has 0 aromatic rings. The summed E-state index contributed by atoms with van der Waals surface area (Å²) in [4.78, 5) is 9.72. The van der Waals surface area contributed by atoms with E-state index in [1.165, 1.54) is 7.05 Å². The number of urea groups is 1. The van der Waals surface area contributed by atoms with E-state index in [-0.39, 0.29) is 0 Å². The Labute approximate surface area is 35.1 Å². The Hall–Kier alpha value is -0.930. The molecular weight excluding hydrogens is 82.0 g/mol. The van der Waals surface area contributed by atoms with Crippen molar-refractivity contribution in [1.82, 2.24) is 5.32 Å². The van der Waals surface area contributed by atoms with E-state index in [2.05, 4.69) is 10.4 Å². The van der Waals surface area contributed by atoms with Gasteiger partial charge in [-0.3, -0.25) is 0 Å². The Bertz CT molecular complexity index is 69.2. The van der Waals surface area contributed by atoms with E-state index in [0.717, 1.165) is 0 Å². The summed E-state index contributed by atoms with van der Waals surface area (Å²) in [6.07, 6.45) is 0. The molecule has 2 amide bonds. The van der Waals surface area contributed by atoms with Crippen LogP contribution in [-0.2, 0) is 0 Å². The van der Waals surface area contributed by atoms with E-state index in [4.69, 9.17) is 5.53 Å². The average Bonchev–Trinajstić information content (AvgIpc) is 1.65. The summed E-state index contributed by atoms with van der Waals surface area (Å²) in [5, 5.41) is 4.63. The number of nitrogens with zero attached hydrogens (tertiary/aromatic N) is 1. The Morgan fingerprint density at radius 2 is 2.50 bits per heavy atom. The molecule has 0 aromatic carbocycles. The normalized spacial score (nSPS) is 6.83. The van der Waals surface area contributed by atoms with Crippen LogP contribution in [0.1, 0.15) is 0 Å². The molecule has 34 valence electrons. The molecule has 4 heteroatoms. The number of carbonyl (C=O) groups is 1. The third-order valence-corrected chi connectivity index (χ3v) is 0.315. The molecule has 0 saturated heterocycles. The number of nitrogens with one attached hydrogen (secondary N) is 2. The zero-order valence-electron chi connectivity index (χ0n) is 3.36. The Kier molecular flexibility index (Phi) is 1.96. The smallest absolute Gasteiger partial charge is 0.338 e. The molecule has 0 aliphatic carbocycles. The van der Waals surface area contributed by atoms with Gasteiger partial charge in [0.2, 0.25) is 0 Å². The zero-order chi connectivity index (χ0) is 4.99. The lowest BCUT2D eigenvalue weighted by Gasteiger charge is -1.79. The second-order valence-corrected chi connectivity index (χ2v) is 0.667. The minimum Gasteiger partial charge on any atom is -0.338 e. The molecule has 0 saturated carbocycles. The zero-order valence-corrected chi connectivity index (χ0v) is 3.36. The first-order valence-electron chi connectivity index (χ1n) is 1.40. The van der Waals surface area contributed by atoms with Gasteiger partial charge in [0.25, 0.3) is 0 Å². The number of amides is 2. The maximum Gasteiger partial charge on any atom is 0.358 e. The van der Waals surface area contributed by atoms with Crippen molar-refractivity contribution in [2.75, 3.05) is 7.05 Å². The van der Waals surface area contributed by atoms with E-state index in [0.29, 0.717) is 0 Å². The minimum absolute atomic E-state index is 0.616. The highest BCUT2D eigenvalue weighted by Gasteiger charge is 1.82. The summed E-state index contributed by atoms with van der Waals surface area (Å²) in [7, 11) is 1.42. The number of rotatable bonds is 0. The van der Waals surface area contributed by atoms with Crippen LogP contribution < -0.4 is 5.32 Å². The molecule has 0 spiro atoms. The van der Waals surface area contributed by atoms with Gasteiger partial charge in [0.1, 0.15) is 0 Å². The summed E-state index contributed by atoms with van der Waals surface area (Å²) in [5.41, 5.74) is 6.02. The maximum atomic E-state index is 9.72. The number of hydrogen-bond donors (Lipinski definition) is 2. The van der Waals surface area contributed by atoms with Crippen LogP contribution in [0.3, 0.4) is 0 Å². The quantitative estimate of drug-likeness (QED) is 0.411. The molecule has 0 radical (unpaired) electrons. The highest BCUT2D eigenvalue weighted by Crippen LogP contribution is 1.62. The molecule has 0 atom stereocenters. The molecule has 0 rings (SSSR count). The second-order valence-electron chi connectivity index (χ2n) is 0.667. The molecule has 4 nitrogen and oxygen atoms in total. The van der Waals surface area contributed by atoms with Gasteiger partial charge in [-0.1, -0.05) is 5.11 Å². The van der Waals surface area contributed by atoms with Crippen molar-refractivity contribution in [3.63, 3.8) is 0 Å². The van der Waals surface area contributed by atoms with Gasteiger partial charge in [0.05, 0.1) is 0 Å². The predicted molar refractivity (Wildman–Crippen MR) is 19.6 cm³/mol. The fourth-order valence-electron chi connectivity index (χ4n) is 0.0559. The second kappa shape index (κ2) is 2.32. The lowest BCUT2D eigenvalue weighted by Crippen LogP contribution is -2.10. The van der Waals surface area contributed by atoms with Crippen LogP contribution in [0.25, 0.3) is 0 Å². The van der Waals surface area contributed by atoms with Gasteiger partial charge in [-0.15, -0.1) is 0 Å². The van der Waals surface area contributed by atoms with Crippen molar-refractivity contribution in [3.05, 3.63) is 0 Å². The van der Waals surface area contributed by atoms with E-state index < -0.39 is 6.03 Å². The molecule has 0 aliphatic heterocycles. The molecule has 0 aromatic heterocycles. The first kappa shape index (κ1) is 5.07. The third kappa shape index (κ3) is 1.40. The fourth-order valence-corrected chi connectivity index (χ4v) is 0.0559. The van der Waals surface area contributed by atoms with Gasteiger partial charge in [-0.25, -0.2) is 4.79 Å². The highest BCUT2D eigenvalue weighted by molar-refractivity contribution is 5.73. The monoisotopic (exact) mass is 87.0 g/mol. The molecule has 6 heavy (non-hydrogen) atoms. The van der Waals surface area contributed by atoms with Crippen LogP contribution in [0.5, 0.6) is 0 Å². The Morgan fingerprint density at radius 1 is 2.00 bits per heavy atom. The van der Waals surface area contributed by atoms with Crippen molar-refractivity contribution in [1.29, 1.82) is 5.53 Å². The summed E-state index contributed by atoms with van der Waals surface area (Å²) in [6.45, 7) is 0. The molecular formula is C2H5N3O. The van der Waals surface area contributed by atoms with Gasteiger partial charge < -0.3 is 5.32 Å². The van der Waals surface area contributed by atoms with Gasteiger partial charge in [-0.05, 0) is 0 Å². The van der Waals surface area contributed by atoms with Crippen molar-refractivity contribution < 1.29 is 4.79 Å². The van der Waals surface area contributed by atoms with E-state index in [1.807, 2.05) is 0 Å². The summed E-state index contributed by atoms with van der Waals surface area (Å²) >= 11 is 0. The molecule has 2 N–H and O–H groups in total. The van der Waals surface area contributed by atoms with Crippen molar-refractivity contribution in [3.8, 4) is 0 Å². The van der Waals surface area contributed by atoms with Crippen LogP contribution in [-0.4, -0.2) is 13.1 Å². The van der Waals surface area contributed by atoms with Crippen molar-refractivity contribution in [2.24, 2.45) is 5.11 Å². The van der Waals surface area contributed by atoms with Gasteiger partial charge in [-0.2, -0.15) is 5.53 Å². The molecule has 0 bridgehead atoms. The van der Waals surface area contributed by atoms with E-state index in [9.17, 15) is 4.79 Å². The van der Waals surface area contributed by atoms with Crippen LogP contribution in [0.2, 0.25) is 0 Å². The topological polar surface area (TPSA) is 65.3 Å². The molecule has 0 heterocycles. The summed E-state index contributed by atoms with van der Waals surface area (Å²) in [6, 6.07) is -0.616. The van der Waals surface area contributed by atoms with Gasteiger partial charge in [0, 0.05) is 7.05 Å². The predicted octanol–water partition coefficient (Wildman–Crippen LogP) is 0.357. The van der Waals surface area contributed by atoms with E-state index >= 15 is 0 Å². The van der Waals surface area contributed by atoms with Crippen LogP contribution >= 0.6 is 0 Å².